The van der Waals surface area contributed by atoms with Gasteiger partial charge in [0.25, 0.3) is 0 Å². The molecule has 88 valence electrons. The molecule has 1 rings (SSSR count). The Labute approximate surface area is 96.2 Å². The van der Waals surface area contributed by atoms with Gasteiger partial charge in [0, 0.05) is 26.8 Å². The number of aryl methyl sites for hydroxylation is 1. The Morgan fingerprint density at radius 2 is 2.12 bits per heavy atom. The largest absolute Gasteiger partial charge is 0.412 e. The van der Waals surface area contributed by atoms with Crippen LogP contribution in [0.3, 0.4) is 0 Å². The van der Waals surface area contributed by atoms with Gasteiger partial charge in [-0.05, 0) is 30.2 Å². The molecular weight excluding hydrogens is 204 g/mol. The molecule has 1 N–H and O–H groups in total. The molecule has 0 aromatic heterocycles. The molecule has 0 fully saturated rings. The van der Waals surface area contributed by atoms with E-state index in [1.165, 1.54) is 7.05 Å². The van der Waals surface area contributed by atoms with Gasteiger partial charge in [-0.3, -0.25) is 0 Å². The minimum Gasteiger partial charge on any atom is -0.410 e. The third kappa shape index (κ3) is 2.89. The van der Waals surface area contributed by atoms with Crippen LogP contribution in [0.4, 0.5) is 10.5 Å². The Bertz CT molecular complexity index is 375. The lowest BCUT2D eigenvalue weighted by atomic mass is 10.1. The maximum Gasteiger partial charge on any atom is 0.412 e. The third-order valence-corrected chi connectivity index (χ3v) is 2.33. The molecule has 16 heavy (non-hydrogen) atoms. The summed E-state index contributed by atoms with van der Waals surface area (Å²) in [6.07, 6.45) is 0.456. The second-order valence-corrected chi connectivity index (χ2v) is 3.68. The second-order valence-electron chi connectivity index (χ2n) is 3.68. The normalized spacial score (nSPS) is 9.75. The summed E-state index contributed by atoms with van der Waals surface area (Å²) in [7, 11) is 5.53. The first-order valence-corrected chi connectivity index (χ1v) is 5.28. The van der Waals surface area contributed by atoms with Gasteiger partial charge in [-0.25, -0.2) is 4.79 Å². The summed E-state index contributed by atoms with van der Waals surface area (Å²) < 4.78 is 5.07. The first-order valence-electron chi connectivity index (χ1n) is 5.28. The molecule has 0 atom stereocenters. The highest BCUT2D eigenvalue weighted by molar-refractivity contribution is 5.70. The van der Waals surface area contributed by atoms with E-state index in [0.29, 0.717) is 5.75 Å². The molecule has 1 amide bonds. The van der Waals surface area contributed by atoms with Gasteiger partial charge in [-0.15, -0.1) is 0 Å². The summed E-state index contributed by atoms with van der Waals surface area (Å²) in [6, 6.07) is 5.64. The highest BCUT2D eigenvalue weighted by atomic mass is 16.5. The van der Waals surface area contributed by atoms with Crippen LogP contribution in [0.1, 0.15) is 12.5 Å². The number of hydrogen-bond donors (Lipinski definition) is 1. The molecular formula is C12H18N2O2. The lowest BCUT2D eigenvalue weighted by molar-refractivity contribution is 0.203. The van der Waals surface area contributed by atoms with Gasteiger partial charge in [-0.2, -0.15) is 0 Å². The summed E-state index contributed by atoms with van der Waals surface area (Å²) in [4.78, 5) is 13.1. The molecule has 0 aliphatic carbocycles. The van der Waals surface area contributed by atoms with Crippen LogP contribution in [-0.2, 0) is 6.42 Å². The number of benzene rings is 1. The average Bonchev–Trinajstić information content (AvgIpc) is 2.28. The number of carbonyl (C=O) groups excluding carboxylic acids is 1. The molecule has 0 bridgehead atoms. The fourth-order valence-electron chi connectivity index (χ4n) is 1.50. The summed E-state index contributed by atoms with van der Waals surface area (Å²) in [5.41, 5.74) is 2.30. The number of nitrogens with one attached hydrogen (secondary N) is 1. The van der Waals surface area contributed by atoms with Gasteiger partial charge in [0.15, 0.2) is 0 Å². The number of anilines is 1. The summed E-state index contributed by atoms with van der Waals surface area (Å²) in [6.45, 7) is 2.08. The van der Waals surface area contributed by atoms with Crippen molar-refractivity contribution in [3.63, 3.8) is 0 Å². The van der Waals surface area contributed by atoms with E-state index < -0.39 is 6.09 Å². The van der Waals surface area contributed by atoms with Gasteiger partial charge in [-0.1, -0.05) is 6.92 Å². The zero-order valence-corrected chi connectivity index (χ0v) is 10.2. The molecule has 0 heterocycles. The quantitative estimate of drug-likeness (QED) is 0.850. The number of amides is 1. The van der Waals surface area contributed by atoms with Crippen LogP contribution in [0.2, 0.25) is 0 Å². The minimum absolute atomic E-state index is 0.445. The first-order chi connectivity index (χ1) is 7.58. The SMILES string of the molecule is CCc1cc(OC(=O)NC)ccc1N(C)C. The van der Waals surface area contributed by atoms with E-state index >= 15 is 0 Å². The number of rotatable bonds is 3. The molecule has 1 aromatic carbocycles. The maximum absolute atomic E-state index is 11.1. The van der Waals surface area contributed by atoms with Crippen LogP contribution >= 0.6 is 0 Å². The predicted octanol–water partition coefficient (Wildman–Crippen LogP) is 2.03. The van der Waals surface area contributed by atoms with Gasteiger partial charge >= 0.3 is 6.09 Å². The molecule has 0 radical (unpaired) electrons. The molecule has 0 aliphatic rings. The van der Waals surface area contributed by atoms with E-state index in [1.54, 1.807) is 6.07 Å². The Balaban J connectivity index is 2.95. The van der Waals surface area contributed by atoms with Crippen molar-refractivity contribution in [1.82, 2.24) is 5.32 Å². The molecule has 0 spiro atoms. The van der Waals surface area contributed by atoms with Crippen LogP contribution in [0.15, 0.2) is 18.2 Å². The van der Waals surface area contributed by atoms with Crippen LogP contribution in [-0.4, -0.2) is 27.2 Å². The third-order valence-electron chi connectivity index (χ3n) is 2.33. The Morgan fingerprint density at radius 3 is 2.62 bits per heavy atom. The number of nitrogens with zero attached hydrogens (tertiary/aromatic N) is 1. The van der Waals surface area contributed by atoms with Crippen LogP contribution < -0.4 is 15.0 Å². The Morgan fingerprint density at radius 1 is 1.44 bits per heavy atom. The van der Waals surface area contributed by atoms with Crippen LogP contribution in [0.25, 0.3) is 0 Å². The highest BCUT2D eigenvalue weighted by Gasteiger charge is 2.07. The van der Waals surface area contributed by atoms with E-state index in [4.69, 9.17) is 4.74 Å². The fourth-order valence-corrected chi connectivity index (χ4v) is 1.50. The van der Waals surface area contributed by atoms with Crippen molar-refractivity contribution < 1.29 is 9.53 Å². The summed E-state index contributed by atoms with van der Waals surface area (Å²) in [5, 5.41) is 2.42. The van der Waals surface area contributed by atoms with E-state index in [0.717, 1.165) is 17.7 Å². The average molecular weight is 222 g/mol. The van der Waals surface area contributed by atoms with E-state index in [1.807, 2.05) is 31.1 Å². The lowest BCUT2D eigenvalue weighted by Gasteiger charge is -2.17. The lowest BCUT2D eigenvalue weighted by Crippen LogP contribution is -2.22. The van der Waals surface area contributed by atoms with Crippen molar-refractivity contribution in [2.24, 2.45) is 0 Å². The van der Waals surface area contributed by atoms with Gasteiger partial charge in [0.1, 0.15) is 5.75 Å². The fraction of sp³-hybridized carbons (Fsp3) is 0.417. The minimum atomic E-state index is -0.445. The number of ether oxygens (including phenoxy) is 1. The van der Waals surface area contributed by atoms with Crippen molar-refractivity contribution >= 4 is 11.8 Å². The molecule has 0 saturated heterocycles. The van der Waals surface area contributed by atoms with Crippen LogP contribution in [0, 0.1) is 0 Å². The second kappa shape index (κ2) is 5.39. The summed E-state index contributed by atoms with van der Waals surface area (Å²) >= 11 is 0. The van der Waals surface area contributed by atoms with E-state index in [9.17, 15) is 4.79 Å². The van der Waals surface area contributed by atoms with Crippen molar-refractivity contribution in [1.29, 1.82) is 0 Å². The molecule has 4 heteroatoms. The monoisotopic (exact) mass is 222 g/mol. The standard InChI is InChI=1S/C12H18N2O2/c1-5-9-8-10(16-12(15)13-2)6-7-11(9)14(3)4/h6-8H,5H2,1-4H3,(H,13,15). The van der Waals surface area contributed by atoms with E-state index in [2.05, 4.69) is 12.2 Å². The molecule has 4 nitrogen and oxygen atoms in total. The molecule has 1 aromatic rings. The molecule has 0 aliphatic heterocycles. The molecule has 0 saturated carbocycles. The number of carbonyl (C=O) groups is 1. The zero-order chi connectivity index (χ0) is 12.1. The van der Waals surface area contributed by atoms with Gasteiger partial charge < -0.3 is 15.0 Å². The summed E-state index contributed by atoms with van der Waals surface area (Å²) in [5.74, 6) is 0.571. The smallest absolute Gasteiger partial charge is 0.410 e. The van der Waals surface area contributed by atoms with Crippen molar-refractivity contribution in [3.8, 4) is 5.75 Å². The van der Waals surface area contributed by atoms with Crippen molar-refractivity contribution in [2.75, 3.05) is 26.0 Å². The Hall–Kier alpha value is -1.71. The first kappa shape index (κ1) is 12.4. The van der Waals surface area contributed by atoms with Crippen LogP contribution in [0.5, 0.6) is 5.75 Å². The van der Waals surface area contributed by atoms with Crippen molar-refractivity contribution in [3.05, 3.63) is 23.8 Å². The van der Waals surface area contributed by atoms with Gasteiger partial charge in [0.2, 0.25) is 0 Å². The maximum atomic E-state index is 11.1. The Kier molecular flexibility index (Phi) is 4.17. The topological polar surface area (TPSA) is 41.6 Å². The predicted molar refractivity (Wildman–Crippen MR) is 65.2 cm³/mol. The van der Waals surface area contributed by atoms with Crippen molar-refractivity contribution in [2.45, 2.75) is 13.3 Å². The van der Waals surface area contributed by atoms with E-state index in [-0.39, 0.29) is 0 Å². The highest BCUT2D eigenvalue weighted by Crippen LogP contribution is 2.24. The zero-order valence-electron chi connectivity index (χ0n) is 10.2. The van der Waals surface area contributed by atoms with Gasteiger partial charge in [0.05, 0.1) is 0 Å². The molecule has 0 unspecified atom stereocenters. The number of hydrogen-bond acceptors (Lipinski definition) is 3.